The van der Waals surface area contributed by atoms with Gasteiger partial charge in [-0.15, -0.1) is 0 Å². The number of imidazole rings is 1. The van der Waals surface area contributed by atoms with Crippen LogP contribution in [0.2, 0.25) is 0 Å². The van der Waals surface area contributed by atoms with Crippen LogP contribution in [-0.2, 0) is 28.0 Å². The van der Waals surface area contributed by atoms with Crippen LogP contribution in [0.4, 0.5) is 0 Å². The molecule has 0 radical (unpaired) electrons. The highest BCUT2D eigenvalue weighted by Gasteiger charge is 2.42. The van der Waals surface area contributed by atoms with E-state index < -0.39 is 11.9 Å². The molecule has 1 aromatic carbocycles. The molecule has 1 aromatic heterocycles. The third-order valence-electron chi connectivity index (χ3n) is 6.07. The van der Waals surface area contributed by atoms with Crippen LogP contribution in [0.3, 0.4) is 0 Å². The number of aliphatic carboxylic acids is 2. The van der Waals surface area contributed by atoms with E-state index in [-0.39, 0.29) is 0 Å². The van der Waals surface area contributed by atoms with Crippen molar-refractivity contribution in [1.29, 1.82) is 0 Å². The first-order chi connectivity index (χ1) is 14.3. The second-order valence-corrected chi connectivity index (χ2v) is 8.27. The Balaban J connectivity index is 0.000000275. The molecule has 1 atom stereocenters. The highest BCUT2D eigenvalue weighted by atomic mass is 16.4. The van der Waals surface area contributed by atoms with Gasteiger partial charge in [-0.05, 0) is 53.9 Å². The molecule has 2 aliphatic carbocycles. The average Bonchev–Trinajstić information content (AvgIpc) is 3.20. The number of rotatable bonds is 5. The Bertz CT molecular complexity index is 957. The monoisotopic (exact) mass is 408 g/mol. The van der Waals surface area contributed by atoms with Crippen LogP contribution in [0.15, 0.2) is 54.6 Å². The van der Waals surface area contributed by atoms with Crippen molar-refractivity contribution in [2.45, 2.75) is 51.5 Å². The number of carboxylic acids is 2. The molecule has 0 spiro atoms. The average molecular weight is 408 g/mol. The molecule has 2 N–H and O–H groups in total. The number of allylic oxidation sites excluding steroid dienone is 1. The lowest BCUT2D eigenvalue weighted by Gasteiger charge is -2.46. The Hall–Kier alpha value is -3.15. The van der Waals surface area contributed by atoms with Crippen LogP contribution in [0.5, 0.6) is 0 Å². The lowest BCUT2D eigenvalue weighted by Crippen LogP contribution is -2.39. The smallest absolute Gasteiger partial charge is 0.328 e. The highest BCUT2D eigenvalue weighted by Crippen LogP contribution is 2.51. The van der Waals surface area contributed by atoms with Gasteiger partial charge in [0.15, 0.2) is 0 Å². The molecule has 0 aliphatic heterocycles. The van der Waals surface area contributed by atoms with E-state index in [9.17, 15) is 9.59 Å². The molecule has 0 amide bonds. The fourth-order valence-electron chi connectivity index (χ4n) is 4.77. The van der Waals surface area contributed by atoms with Crippen LogP contribution in [0, 0.1) is 5.92 Å². The van der Waals surface area contributed by atoms with E-state index in [1.807, 2.05) is 12.5 Å². The number of aryl methyl sites for hydroxylation is 1. The van der Waals surface area contributed by atoms with Crippen molar-refractivity contribution in [2.75, 3.05) is 0 Å². The fourth-order valence-corrected chi connectivity index (χ4v) is 4.77. The number of benzene rings is 1. The van der Waals surface area contributed by atoms with E-state index >= 15 is 0 Å². The number of aromatic nitrogens is 2. The van der Waals surface area contributed by atoms with E-state index in [1.165, 1.54) is 31.2 Å². The van der Waals surface area contributed by atoms with Gasteiger partial charge in [-0.2, -0.15) is 0 Å². The molecular weight excluding hydrogens is 380 g/mol. The van der Waals surface area contributed by atoms with Crippen molar-refractivity contribution in [3.05, 3.63) is 71.3 Å². The summed E-state index contributed by atoms with van der Waals surface area (Å²) in [6.07, 6.45) is 14.5. The van der Waals surface area contributed by atoms with Crippen LogP contribution >= 0.6 is 0 Å². The van der Waals surface area contributed by atoms with Gasteiger partial charge in [0.25, 0.3) is 0 Å². The summed E-state index contributed by atoms with van der Waals surface area (Å²) >= 11 is 0. The Kier molecular flexibility index (Phi) is 6.55. The minimum atomic E-state index is -1.26. The third-order valence-corrected chi connectivity index (χ3v) is 6.07. The maximum absolute atomic E-state index is 9.55. The second kappa shape index (κ2) is 9.11. The molecule has 2 aliphatic rings. The minimum Gasteiger partial charge on any atom is -0.478 e. The first kappa shape index (κ1) is 21.6. The highest BCUT2D eigenvalue weighted by molar-refractivity contribution is 5.89. The Morgan fingerprint density at radius 3 is 2.57 bits per heavy atom. The van der Waals surface area contributed by atoms with Gasteiger partial charge >= 0.3 is 11.9 Å². The summed E-state index contributed by atoms with van der Waals surface area (Å²) in [5.41, 5.74) is 6.60. The topological polar surface area (TPSA) is 92.4 Å². The summed E-state index contributed by atoms with van der Waals surface area (Å²) in [5.74, 6) is -1.83. The molecule has 30 heavy (non-hydrogen) atoms. The predicted molar refractivity (Wildman–Crippen MR) is 115 cm³/mol. The summed E-state index contributed by atoms with van der Waals surface area (Å²) in [4.78, 5) is 23.3. The van der Waals surface area contributed by atoms with Gasteiger partial charge in [-0.3, -0.25) is 0 Å². The third kappa shape index (κ3) is 4.70. The summed E-state index contributed by atoms with van der Waals surface area (Å²) in [6, 6.07) is 6.90. The van der Waals surface area contributed by atoms with Crippen molar-refractivity contribution in [1.82, 2.24) is 9.55 Å². The van der Waals surface area contributed by atoms with Gasteiger partial charge in [-0.25, -0.2) is 14.6 Å². The molecule has 0 fully saturated rings. The first-order valence-corrected chi connectivity index (χ1v) is 10.2. The minimum absolute atomic E-state index is 0.342. The van der Waals surface area contributed by atoms with E-state index in [0.29, 0.717) is 23.5 Å². The molecule has 6 nitrogen and oxygen atoms in total. The van der Waals surface area contributed by atoms with E-state index in [0.717, 1.165) is 6.54 Å². The summed E-state index contributed by atoms with van der Waals surface area (Å²) in [6.45, 7) is 5.79. The first-order valence-electron chi connectivity index (χ1n) is 10.2. The summed E-state index contributed by atoms with van der Waals surface area (Å²) < 4.78 is 2.19. The van der Waals surface area contributed by atoms with Crippen molar-refractivity contribution < 1.29 is 19.8 Å². The maximum Gasteiger partial charge on any atom is 0.328 e. The summed E-state index contributed by atoms with van der Waals surface area (Å²) in [7, 11) is 0. The number of hydrogen-bond donors (Lipinski definition) is 2. The van der Waals surface area contributed by atoms with Gasteiger partial charge in [0, 0.05) is 36.5 Å². The molecule has 2 aromatic rings. The predicted octanol–water partition coefficient (Wildman–Crippen LogP) is 4.31. The SMILES string of the molecule is CC(C)C12CCCc3cccc(c31)C=C(Cn1ccnc1)C2.O=C(O)/C=C\C(=O)O. The van der Waals surface area contributed by atoms with Crippen LogP contribution in [0.25, 0.3) is 6.08 Å². The quantitative estimate of drug-likeness (QED) is 0.719. The number of nitrogens with zero attached hydrogens (tertiary/aromatic N) is 2. The number of hydrogen-bond acceptors (Lipinski definition) is 3. The maximum atomic E-state index is 9.55. The van der Waals surface area contributed by atoms with Crippen LogP contribution in [-0.4, -0.2) is 31.7 Å². The molecule has 0 bridgehead atoms. The Morgan fingerprint density at radius 1 is 1.23 bits per heavy atom. The zero-order valence-electron chi connectivity index (χ0n) is 17.4. The normalized spacial score (nSPS) is 19.6. The Labute approximate surface area is 176 Å². The van der Waals surface area contributed by atoms with Crippen molar-refractivity contribution in [3.63, 3.8) is 0 Å². The standard InChI is InChI=1S/C20H24N2.C4H4O4/c1-15(2)20-8-4-7-17-5-3-6-18(19(17)20)11-16(12-20)13-22-10-9-21-14-22;5-3(6)1-2-4(7)8/h3,5-6,9-11,14-15H,4,7-8,12-13H2,1-2H3;1-2H,(H,5,6)(H,7,8)/b;2-1-. The zero-order chi connectivity index (χ0) is 21.7. The molecule has 0 saturated heterocycles. The van der Waals surface area contributed by atoms with Crippen molar-refractivity contribution in [2.24, 2.45) is 5.92 Å². The molecule has 4 rings (SSSR count). The molecule has 1 unspecified atom stereocenters. The van der Waals surface area contributed by atoms with Crippen molar-refractivity contribution in [3.8, 4) is 0 Å². The second-order valence-electron chi connectivity index (χ2n) is 8.27. The Morgan fingerprint density at radius 2 is 1.97 bits per heavy atom. The molecule has 1 heterocycles. The number of carboxylic acid groups (broad SMARTS) is 2. The molecule has 6 heteroatoms. The molecular formula is C24H28N2O4. The lowest BCUT2D eigenvalue weighted by molar-refractivity contribution is -0.134. The van der Waals surface area contributed by atoms with Gasteiger partial charge in [0.1, 0.15) is 0 Å². The van der Waals surface area contributed by atoms with E-state index in [2.05, 4.69) is 53.9 Å². The van der Waals surface area contributed by atoms with Crippen LogP contribution < -0.4 is 0 Å². The van der Waals surface area contributed by atoms with Gasteiger partial charge in [0.2, 0.25) is 0 Å². The zero-order valence-corrected chi connectivity index (χ0v) is 17.4. The van der Waals surface area contributed by atoms with E-state index in [4.69, 9.17) is 10.2 Å². The van der Waals surface area contributed by atoms with Gasteiger partial charge in [-0.1, -0.05) is 38.1 Å². The lowest BCUT2D eigenvalue weighted by atomic mass is 9.58. The fraction of sp³-hybridized carbons (Fsp3) is 0.375. The van der Waals surface area contributed by atoms with Crippen LogP contribution in [0.1, 0.15) is 49.8 Å². The van der Waals surface area contributed by atoms with Gasteiger partial charge in [0.05, 0.1) is 6.33 Å². The summed E-state index contributed by atoms with van der Waals surface area (Å²) in [5, 5.41) is 15.6. The molecule has 0 saturated carbocycles. The molecule has 158 valence electrons. The number of carbonyl (C=O) groups is 2. The van der Waals surface area contributed by atoms with Crippen molar-refractivity contribution >= 4 is 18.0 Å². The van der Waals surface area contributed by atoms with E-state index in [1.54, 1.807) is 16.7 Å². The van der Waals surface area contributed by atoms with Gasteiger partial charge < -0.3 is 14.8 Å². The largest absolute Gasteiger partial charge is 0.478 e.